The number of unbranched alkanes of at least 4 members (excludes halogenated alkanes) is 32. The maximum Gasteiger partial charge on any atom is 0.472 e. The van der Waals surface area contributed by atoms with Crippen LogP contribution < -0.4 is 5.32 Å². The predicted octanol–water partition coefficient (Wildman–Crippen LogP) is 19.1. The highest BCUT2D eigenvalue weighted by Crippen LogP contribution is 2.43. The van der Waals surface area contributed by atoms with Gasteiger partial charge in [-0.2, -0.15) is 0 Å². The van der Waals surface area contributed by atoms with Gasteiger partial charge in [0.1, 0.15) is 19.3 Å². The van der Waals surface area contributed by atoms with Crippen LogP contribution in [0.5, 0.6) is 0 Å². The van der Waals surface area contributed by atoms with E-state index in [0.29, 0.717) is 17.4 Å². The van der Waals surface area contributed by atoms with Gasteiger partial charge in [0.05, 0.1) is 33.8 Å². The van der Waals surface area contributed by atoms with E-state index >= 15 is 0 Å². The van der Waals surface area contributed by atoms with Crippen LogP contribution in [0.3, 0.4) is 0 Å². The Morgan fingerprint density at radius 2 is 0.824 bits per heavy atom. The van der Waals surface area contributed by atoms with Gasteiger partial charge in [-0.25, -0.2) is 4.57 Å². The largest absolute Gasteiger partial charge is 0.472 e. The molecule has 0 saturated carbocycles. The van der Waals surface area contributed by atoms with E-state index in [9.17, 15) is 19.0 Å². The van der Waals surface area contributed by atoms with Gasteiger partial charge in [0.25, 0.3) is 0 Å². The number of quaternary nitrogens is 1. The van der Waals surface area contributed by atoms with Gasteiger partial charge in [0.15, 0.2) is 0 Å². The predicted molar refractivity (Wildman–Crippen MR) is 318 cm³/mol. The molecule has 9 nitrogen and oxygen atoms in total. The molecule has 0 spiro atoms. The average Bonchev–Trinajstić information content (AvgIpc) is 3.36. The lowest BCUT2D eigenvalue weighted by Crippen LogP contribution is -2.47. The summed E-state index contributed by atoms with van der Waals surface area (Å²) < 4.78 is 30.7. The monoisotopic (exact) mass is 1060 g/mol. The van der Waals surface area contributed by atoms with Gasteiger partial charge in [0.2, 0.25) is 5.91 Å². The number of ether oxygens (including phenoxy) is 1. The second-order valence-electron chi connectivity index (χ2n) is 22.2. The van der Waals surface area contributed by atoms with Crippen molar-refractivity contribution < 1.29 is 37.3 Å². The van der Waals surface area contributed by atoms with E-state index in [0.717, 1.165) is 96.3 Å². The zero-order valence-electron chi connectivity index (χ0n) is 49.3. The summed E-state index contributed by atoms with van der Waals surface area (Å²) in [5.74, 6) is -0.518. The Hall–Kier alpha value is -2.29. The number of nitrogens with zero attached hydrogens (tertiary/aromatic N) is 1. The minimum atomic E-state index is -4.45. The number of carbonyl (C=O) groups excluding carboxylic acids is 2. The molecule has 0 bridgehead atoms. The Kier molecular flexibility index (Phi) is 52.4. The van der Waals surface area contributed by atoms with E-state index < -0.39 is 20.0 Å². The van der Waals surface area contributed by atoms with Gasteiger partial charge in [-0.05, 0) is 76.7 Å². The standard InChI is InChI=1S/C64H119N2O7P/c1-7-10-13-16-19-22-25-28-30-31-32-33-34-35-37-39-42-45-48-51-54-57-64(68)73-62(55-52-49-46-43-40-27-24-21-18-15-12-9-3)61(60-72-74(69,70)71-59-58-66(4,5)6)65-63(67)56-53-50-47-44-41-38-36-29-26-23-20-17-14-11-8-2/h19,22,28,30,32-33,35,37,52,55,61-62H,7-18,20-21,23-27,29,31,34,36,38-51,53-54,56-60H2,1-6H3,(H-,65,67,69,70)/p+1/b22-19-,30-28-,33-32-,37-35-,55-52+. The molecule has 2 N–H and O–H groups in total. The third-order valence-electron chi connectivity index (χ3n) is 13.7. The van der Waals surface area contributed by atoms with E-state index in [4.69, 9.17) is 13.8 Å². The lowest BCUT2D eigenvalue weighted by molar-refractivity contribution is -0.870. The van der Waals surface area contributed by atoms with Gasteiger partial charge in [-0.3, -0.25) is 18.6 Å². The molecule has 0 radical (unpaired) electrons. The molecule has 432 valence electrons. The average molecular weight is 1060 g/mol. The summed E-state index contributed by atoms with van der Waals surface area (Å²) in [7, 11) is 1.49. The van der Waals surface area contributed by atoms with Gasteiger partial charge in [-0.1, -0.05) is 255 Å². The summed E-state index contributed by atoms with van der Waals surface area (Å²) in [6, 6.07) is -0.855. The molecule has 0 aliphatic heterocycles. The van der Waals surface area contributed by atoms with Gasteiger partial charge < -0.3 is 19.4 Å². The number of carbonyl (C=O) groups is 2. The Bertz CT molecular complexity index is 1450. The first-order chi connectivity index (χ1) is 35.9. The molecule has 0 aromatic rings. The number of hydrogen-bond acceptors (Lipinski definition) is 6. The van der Waals surface area contributed by atoms with Crippen LogP contribution in [0.25, 0.3) is 0 Å². The van der Waals surface area contributed by atoms with Crippen LogP contribution >= 0.6 is 7.82 Å². The van der Waals surface area contributed by atoms with Crippen molar-refractivity contribution in [1.29, 1.82) is 0 Å². The normalized spacial score (nSPS) is 14.1. The van der Waals surface area contributed by atoms with Crippen molar-refractivity contribution in [3.05, 3.63) is 60.8 Å². The van der Waals surface area contributed by atoms with Crippen LogP contribution in [0.1, 0.15) is 284 Å². The molecule has 0 aromatic carbocycles. The molecule has 0 aliphatic rings. The first-order valence-corrected chi connectivity index (χ1v) is 32.6. The van der Waals surface area contributed by atoms with E-state index in [1.54, 1.807) is 0 Å². The molecule has 10 heteroatoms. The number of likely N-dealkylation sites (N-methyl/N-ethyl adjacent to an activating group) is 1. The zero-order chi connectivity index (χ0) is 54.3. The van der Waals surface area contributed by atoms with Crippen molar-refractivity contribution >= 4 is 19.7 Å². The van der Waals surface area contributed by atoms with Crippen molar-refractivity contribution in [2.45, 2.75) is 296 Å². The van der Waals surface area contributed by atoms with Crippen LogP contribution in [0, 0.1) is 0 Å². The van der Waals surface area contributed by atoms with Gasteiger partial charge in [0, 0.05) is 12.8 Å². The number of phosphoric acid groups is 1. The van der Waals surface area contributed by atoms with Crippen molar-refractivity contribution in [2.75, 3.05) is 40.9 Å². The Morgan fingerprint density at radius 1 is 0.473 bits per heavy atom. The Labute approximate surface area is 458 Å². The zero-order valence-corrected chi connectivity index (χ0v) is 50.2. The summed E-state index contributed by atoms with van der Waals surface area (Å²) in [6.45, 7) is 6.99. The van der Waals surface area contributed by atoms with E-state index in [1.165, 1.54) is 154 Å². The lowest BCUT2D eigenvalue weighted by Gasteiger charge is -2.27. The number of hydrogen-bond donors (Lipinski definition) is 2. The Balaban J connectivity index is 5.28. The van der Waals surface area contributed by atoms with Crippen molar-refractivity contribution in [1.82, 2.24) is 5.32 Å². The molecule has 3 atom stereocenters. The smallest absolute Gasteiger partial charge is 0.456 e. The third-order valence-corrected chi connectivity index (χ3v) is 14.7. The molecule has 0 aromatic heterocycles. The van der Waals surface area contributed by atoms with E-state index in [1.807, 2.05) is 33.3 Å². The molecular weight excluding hydrogens is 940 g/mol. The quantitative estimate of drug-likeness (QED) is 0.0205. The molecule has 0 saturated heterocycles. The topological polar surface area (TPSA) is 111 Å². The van der Waals surface area contributed by atoms with Crippen LogP contribution in [0.15, 0.2) is 60.8 Å². The lowest BCUT2D eigenvalue weighted by atomic mass is 10.0. The van der Waals surface area contributed by atoms with Gasteiger partial charge in [-0.15, -0.1) is 0 Å². The van der Waals surface area contributed by atoms with Crippen LogP contribution in [0.2, 0.25) is 0 Å². The number of allylic oxidation sites excluding steroid dienone is 9. The molecule has 3 unspecified atom stereocenters. The van der Waals surface area contributed by atoms with Crippen LogP contribution in [-0.2, 0) is 27.9 Å². The number of nitrogens with one attached hydrogen (secondary N) is 1. The highest BCUT2D eigenvalue weighted by Gasteiger charge is 2.30. The fourth-order valence-corrected chi connectivity index (χ4v) is 9.60. The maximum atomic E-state index is 13.5. The summed E-state index contributed by atoms with van der Waals surface area (Å²) in [4.78, 5) is 37.7. The van der Waals surface area contributed by atoms with E-state index in [-0.39, 0.29) is 31.5 Å². The highest BCUT2D eigenvalue weighted by molar-refractivity contribution is 7.47. The summed E-state index contributed by atoms with van der Waals surface area (Å²) in [6.07, 6.45) is 67.8. The molecule has 74 heavy (non-hydrogen) atoms. The summed E-state index contributed by atoms with van der Waals surface area (Å²) in [5.41, 5.74) is 0. The van der Waals surface area contributed by atoms with Gasteiger partial charge >= 0.3 is 13.8 Å². The van der Waals surface area contributed by atoms with E-state index in [2.05, 4.69) is 74.7 Å². The number of esters is 1. The third kappa shape index (κ3) is 54.5. The first-order valence-electron chi connectivity index (χ1n) is 31.1. The van der Waals surface area contributed by atoms with Crippen molar-refractivity contribution in [3.63, 3.8) is 0 Å². The fraction of sp³-hybridized carbons (Fsp3) is 0.812. The molecule has 1 amide bonds. The van der Waals surface area contributed by atoms with Crippen LogP contribution in [0.4, 0.5) is 0 Å². The second kappa shape index (κ2) is 54.1. The molecule has 0 aliphatic carbocycles. The number of phosphoric ester groups is 1. The SMILES string of the molecule is CCCCC/C=C\C/C=C\C/C=C\C/C=C\CCCCCCCC(=O)OC(/C=C/CCCCCCCCCCCC)C(COP(=O)(O)OCC[N+](C)(C)C)NC(=O)CCCCCCCCCCCCCCCCC. The van der Waals surface area contributed by atoms with Crippen molar-refractivity contribution in [2.24, 2.45) is 0 Å². The fourth-order valence-electron chi connectivity index (χ4n) is 8.87. The summed E-state index contributed by atoms with van der Waals surface area (Å²) >= 11 is 0. The number of rotatable bonds is 56. The second-order valence-corrected chi connectivity index (χ2v) is 23.7. The first kappa shape index (κ1) is 71.7. The molecule has 0 fully saturated rings. The minimum absolute atomic E-state index is 0.0369. The van der Waals surface area contributed by atoms with Crippen LogP contribution in [-0.4, -0.2) is 74.3 Å². The Morgan fingerprint density at radius 3 is 1.26 bits per heavy atom. The highest BCUT2D eigenvalue weighted by atomic mass is 31.2. The maximum absolute atomic E-state index is 13.5. The molecule has 0 heterocycles. The molecule has 0 rings (SSSR count). The summed E-state index contributed by atoms with van der Waals surface area (Å²) in [5, 5.41) is 3.05. The number of amides is 1. The molecular formula is C64H120N2O7P+. The minimum Gasteiger partial charge on any atom is -0.456 e. The van der Waals surface area contributed by atoms with Crippen molar-refractivity contribution in [3.8, 4) is 0 Å².